The van der Waals surface area contributed by atoms with Gasteiger partial charge in [0.05, 0.1) is 6.10 Å². The molecule has 0 amide bonds. The number of hydrogen-bond donors (Lipinski definition) is 1. The Kier molecular flexibility index (Phi) is 4.61. The molecule has 5 rings (SSSR count). The number of carbonyl (C=O) groups is 1. The lowest BCUT2D eigenvalue weighted by atomic mass is 9.48. The summed E-state index contributed by atoms with van der Waals surface area (Å²) in [6, 6.07) is 0. The van der Waals surface area contributed by atoms with E-state index >= 15 is 0 Å². The molecule has 4 aliphatic rings. The third-order valence-corrected chi connectivity index (χ3v) is 9.60. The molecule has 1 N–H and O–H groups in total. The third kappa shape index (κ3) is 2.78. The van der Waals surface area contributed by atoms with Gasteiger partial charge in [0.25, 0.3) is 0 Å². The topological polar surface area (TPSA) is 80.9 Å². The van der Waals surface area contributed by atoms with Crippen molar-refractivity contribution in [2.75, 3.05) is 0 Å². The second-order valence-corrected chi connectivity index (χ2v) is 10.5. The first kappa shape index (κ1) is 18.7. The fourth-order valence-corrected chi connectivity index (χ4v) is 8.22. The number of aromatic nitrogens is 4. The molecule has 0 aliphatic heterocycles. The van der Waals surface area contributed by atoms with E-state index in [1.807, 2.05) is 0 Å². The molecule has 0 spiro atoms. The molecular formula is C22H34N4O2. The zero-order valence-corrected chi connectivity index (χ0v) is 17.2. The number of tetrazole rings is 1. The van der Waals surface area contributed by atoms with Crippen LogP contribution in [0.4, 0.5) is 0 Å². The predicted molar refractivity (Wildman–Crippen MR) is 104 cm³/mol. The van der Waals surface area contributed by atoms with Gasteiger partial charge in [-0.2, -0.15) is 0 Å². The van der Waals surface area contributed by atoms with E-state index in [9.17, 15) is 9.90 Å². The molecule has 6 nitrogen and oxygen atoms in total. The van der Waals surface area contributed by atoms with Crippen molar-refractivity contribution in [1.29, 1.82) is 0 Å². The molecule has 0 saturated heterocycles. The van der Waals surface area contributed by atoms with Gasteiger partial charge in [-0.25, -0.2) is 4.68 Å². The maximum atomic E-state index is 13.1. The Balaban J connectivity index is 1.33. The van der Waals surface area contributed by atoms with Gasteiger partial charge in [0.2, 0.25) is 0 Å². The molecule has 1 heterocycles. The molecule has 154 valence electrons. The van der Waals surface area contributed by atoms with Crippen LogP contribution in [0.25, 0.3) is 0 Å². The summed E-state index contributed by atoms with van der Waals surface area (Å²) in [5, 5.41) is 21.6. The van der Waals surface area contributed by atoms with Crippen molar-refractivity contribution in [2.24, 2.45) is 46.8 Å². The maximum absolute atomic E-state index is 13.1. The van der Waals surface area contributed by atoms with Crippen LogP contribution in [0.3, 0.4) is 0 Å². The highest BCUT2D eigenvalue weighted by atomic mass is 16.3. The molecule has 28 heavy (non-hydrogen) atoms. The van der Waals surface area contributed by atoms with Gasteiger partial charge >= 0.3 is 0 Å². The summed E-state index contributed by atoms with van der Waals surface area (Å²) >= 11 is 0. The van der Waals surface area contributed by atoms with Crippen molar-refractivity contribution in [2.45, 2.75) is 77.9 Å². The molecule has 1 unspecified atom stereocenters. The molecule has 1 aromatic rings. The molecule has 4 aliphatic carbocycles. The lowest BCUT2D eigenvalue weighted by Crippen LogP contribution is -2.51. The van der Waals surface area contributed by atoms with Crippen LogP contribution in [0.2, 0.25) is 0 Å². The number of aliphatic hydroxyl groups excluding tert-OH is 1. The van der Waals surface area contributed by atoms with E-state index in [2.05, 4.69) is 29.4 Å². The van der Waals surface area contributed by atoms with E-state index < -0.39 is 0 Å². The van der Waals surface area contributed by atoms with Crippen LogP contribution in [0.1, 0.15) is 65.2 Å². The lowest BCUT2D eigenvalue weighted by Gasteiger charge is -2.57. The van der Waals surface area contributed by atoms with Crippen LogP contribution in [0.5, 0.6) is 0 Å². The van der Waals surface area contributed by atoms with E-state index in [1.165, 1.54) is 38.5 Å². The first-order valence-corrected chi connectivity index (χ1v) is 11.4. The molecule has 9 atom stereocenters. The molecule has 4 fully saturated rings. The highest BCUT2D eigenvalue weighted by Crippen LogP contribution is 2.64. The SMILES string of the molecule is CC1[C@H](O)CC[C@@H]2[C@H]3CC[C@]4(C)[C@@H](C(=O)Cn5cnnn5)CC[C@H]4[C@@H]3CC[C@H]12. The number of ketones is 1. The average molecular weight is 387 g/mol. The van der Waals surface area contributed by atoms with Gasteiger partial charge < -0.3 is 5.11 Å². The summed E-state index contributed by atoms with van der Waals surface area (Å²) in [6.07, 6.45) is 10.9. The van der Waals surface area contributed by atoms with Gasteiger partial charge in [-0.15, -0.1) is 5.10 Å². The fourth-order valence-electron chi connectivity index (χ4n) is 8.22. The van der Waals surface area contributed by atoms with Crippen molar-refractivity contribution < 1.29 is 9.90 Å². The second kappa shape index (κ2) is 6.89. The first-order valence-electron chi connectivity index (χ1n) is 11.4. The van der Waals surface area contributed by atoms with Gasteiger partial charge in [-0.05, 0) is 103 Å². The Labute approximate surface area is 167 Å². The van der Waals surface area contributed by atoms with Gasteiger partial charge in [-0.3, -0.25) is 4.79 Å². The van der Waals surface area contributed by atoms with Crippen LogP contribution in [0, 0.1) is 46.8 Å². The summed E-state index contributed by atoms with van der Waals surface area (Å²) in [5.74, 6) is 4.75. The fraction of sp³-hybridized carbons (Fsp3) is 0.909. The molecule has 6 heteroatoms. The zero-order chi connectivity index (χ0) is 19.5. The minimum Gasteiger partial charge on any atom is -0.393 e. The van der Waals surface area contributed by atoms with Gasteiger partial charge in [0, 0.05) is 5.92 Å². The summed E-state index contributed by atoms with van der Waals surface area (Å²) in [5.41, 5.74) is 0.152. The average Bonchev–Trinajstić information content (AvgIpc) is 3.31. The third-order valence-electron chi connectivity index (χ3n) is 9.60. The summed E-state index contributed by atoms with van der Waals surface area (Å²) in [7, 11) is 0. The van der Waals surface area contributed by atoms with Crippen LogP contribution in [-0.2, 0) is 11.3 Å². The number of aliphatic hydroxyl groups is 1. The van der Waals surface area contributed by atoms with Crippen LogP contribution < -0.4 is 0 Å². The minimum absolute atomic E-state index is 0.0913. The monoisotopic (exact) mass is 386 g/mol. The first-order chi connectivity index (χ1) is 13.5. The van der Waals surface area contributed by atoms with Crippen LogP contribution in [-0.4, -0.2) is 37.2 Å². The number of hydrogen-bond acceptors (Lipinski definition) is 5. The number of fused-ring (bicyclic) bond motifs is 5. The number of carbonyl (C=O) groups excluding carboxylic acids is 1. The number of rotatable bonds is 3. The largest absolute Gasteiger partial charge is 0.393 e. The molecule has 0 aromatic carbocycles. The quantitative estimate of drug-likeness (QED) is 0.863. The number of Topliss-reactive ketones (excluding diaryl/α,β-unsaturated/α-hetero) is 1. The molecule has 4 saturated carbocycles. The number of nitrogens with zero attached hydrogens (tertiary/aromatic N) is 4. The van der Waals surface area contributed by atoms with Gasteiger partial charge in [-0.1, -0.05) is 13.8 Å². The molecular weight excluding hydrogens is 352 g/mol. The summed E-state index contributed by atoms with van der Waals surface area (Å²) in [4.78, 5) is 13.1. The van der Waals surface area contributed by atoms with Crippen molar-refractivity contribution >= 4 is 5.78 Å². The molecule has 0 radical (unpaired) electrons. The molecule has 0 bridgehead atoms. The van der Waals surface area contributed by atoms with E-state index in [4.69, 9.17) is 0 Å². The Morgan fingerprint density at radius 2 is 1.82 bits per heavy atom. The normalized spacial score (nSPS) is 47.8. The highest BCUT2D eigenvalue weighted by molar-refractivity contribution is 5.82. The highest BCUT2D eigenvalue weighted by Gasteiger charge is 2.58. The van der Waals surface area contributed by atoms with Gasteiger partial charge in [0.1, 0.15) is 12.9 Å². The predicted octanol–water partition coefficient (Wildman–Crippen LogP) is 3.12. The summed E-state index contributed by atoms with van der Waals surface area (Å²) in [6.45, 7) is 4.99. The van der Waals surface area contributed by atoms with E-state index in [-0.39, 0.29) is 17.4 Å². The van der Waals surface area contributed by atoms with Crippen molar-refractivity contribution in [3.63, 3.8) is 0 Å². The Hall–Kier alpha value is -1.30. The van der Waals surface area contributed by atoms with E-state index in [1.54, 1.807) is 11.0 Å². The van der Waals surface area contributed by atoms with Crippen LogP contribution >= 0.6 is 0 Å². The van der Waals surface area contributed by atoms with Crippen molar-refractivity contribution in [3.8, 4) is 0 Å². The van der Waals surface area contributed by atoms with Crippen LogP contribution in [0.15, 0.2) is 6.33 Å². The van der Waals surface area contributed by atoms with Crippen molar-refractivity contribution in [3.05, 3.63) is 6.33 Å². The smallest absolute Gasteiger partial charge is 0.158 e. The Morgan fingerprint density at radius 3 is 2.61 bits per heavy atom. The lowest BCUT2D eigenvalue weighted by molar-refractivity contribution is -0.133. The van der Waals surface area contributed by atoms with Crippen molar-refractivity contribution in [1.82, 2.24) is 20.2 Å². The Morgan fingerprint density at radius 1 is 1.07 bits per heavy atom. The molecule has 1 aromatic heterocycles. The van der Waals surface area contributed by atoms with E-state index in [0.717, 1.165) is 30.6 Å². The minimum atomic E-state index is -0.0913. The zero-order valence-electron chi connectivity index (χ0n) is 17.2. The standard InChI is InChI=1S/C22H34N4O2/c1-13-14-3-4-17-16(15(14)5-8-20(13)27)9-10-22(2)18(17)6-7-19(22)21(28)11-26-12-23-24-25-26/h12-20,27H,3-11H2,1-2H3/t13?,14-,15+,16-,17-,18+,19-,20-,22+/m1/s1. The van der Waals surface area contributed by atoms with Gasteiger partial charge in [0.15, 0.2) is 5.78 Å². The Bertz CT molecular complexity index is 722. The van der Waals surface area contributed by atoms with E-state index in [0.29, 0.717) is 30.1 Å². The summed E-state index contributed by atoms with van der Waals surface area (Å²) < 4.78 is 1.57. The second-order valence-electron chi connectivity index (χ2n) is 10.5. The maximum Gasteiger partial charge on any atom is 0.158 e.